The summed E-state index contributed by atoms with van der Waals surface area (Å²) in [5, 5.41) is 6.63. The molecule has 3 rings (SSSR count). The van der Waals surface area contributed by atoms with Crippen LogP contribution in [0.2, 0.25) is 0 Å². The summed E-state index contributed by atoms with van der Waals surface area (Å²) in [5.74, 6) is 0.926. The van der Waals surface area contributed by atoms with Crippen LogP contribution < -0.4 is 9.64 Å². The van der Waals surface area contributed by atoms with E-state index in [2.05, 4.69) is 26.1 Å². The van der Waals surface area contributed by atoms with Crippen LogP contribution >= 0.6 is 0 Å². The molecule has 114 valence electrons. The molecular formula is C17H20N4O. The second-order valence-electron chi connectivity index (χ2n) is 5.14. The lowest BCUT2D eigenvalue weighted by Gasteiger charge is -2.35. The lowest BCUT2D eigenvalue weighted by Crippen LogP contribution is -2.44. The van der Waals surface area contributed by atoms with Gasteiger partial charge in [0.15, 0.2) is 0 Å². The highest BCUT2D eigenvalue weighted by Crippen LogP contribution is 2.28. The maximum Gasteiger partial charge on any atom is 0.142 e. The third-order valence-corrected chi connectivity index (χ3v) is 3.74. The van der Waals surface area contributed by atoms with Gasteiger partial charge < -0.3 is 9.64 Å². The zero-order valence-corrected chi connectivity index (χ0v) is 12.7. The predicted molar refractivity (Wildman–Crippen MR) is 88.6 cm³/mol. The fourth-order valence-corrected chi connectivity index (χ4v) is 2.54. The fourth-order valence-electron chi connectivity index (χ4n) is 2.54. The minimum atomic E-state index is 0.898. The fraction of sp³-hybridized carbons (Fsp3) is 0.294. The molecule has 5 nitrogen and oxygen atoms in total. The molecule has 0 N–H and O–H groups in total. The smallest absolute Gasteiger partial charge is 0.142 e. The number of pyridine rings is 1. The average molecular weight is 296 g/mol. The quantitative estimate of drug-likeness (QED) is 0.812. The normalized spacial score (nSPS) is 15.3. The number of rotatable bonds is 4. The van der Waals surface area contributed by atoms with Gasteiger partial charge in [-0.25, -0.2) is 0 Å². The molecule has 2 aromatic rings. The molecule has 1 aromatic carbocycles. The van der Waals surface area contributed by atoms with Gasteiger partial charge in [-0.05, 0) is 18.2 Å². The third kappa shape index (κ3) is 3.36. The first-order valence-electron chi connectivity index (χ1n) is 7.44. The number of para-hydroxylation sites is 2. The molecule has 0 amide bonds. The van der Waals surface area contributed by atoms with Crippen molar-refractivity contribution >= 4 is 11.9 Å². The Hall–Kier alpha value is -2.56. The number of piperazine rings is 1. The Labute approximate surface area is 130 Å². The minimum Gasteiger partial charge on any atom is -0.495 e. The molecule has 0 atom stereocenters. The molecule has 0 spiro atoms. The molecule has 2 heterocycles. The molecule has 5 heteroatoms. The summed E-state index contributed by atoms with van der Waals surface area (Å²) in [6.45, 7) is 3.67. The summed E-state index contributed by atoms with van der Waals surface area (Å²) >= 11 is 0. The molecule has 22 heavy (non-hydrogen) atoms. The van der Waals surface area contributed by atoms with E-state index < -0.39 is 0 Å². The summed E-state index contributed by atoms with van der Waals surface area (Å²) in [4.78, 5) is 6.43. The van der Waals surface area contributed by atoms with Gasteiger partial charge in [0.05, 0.1) is 32.1 Å². The van der Waals surface area contributed by atoms with Gasteiger partial charge in [-0.3, -0.25) is 9.99 Å². The molecule has 0 bridgehead atoms. The summed E-state index contributed by atoms with van der Waals surface area (Å²) in [6.07, 6.45) is 5.45. The number of aromatic nitrogens is 1. The Kier molecular flexibility index (Phi) is 4.53. The molecule has 1 aliphatic rings. The summed E-state index contributed by atoms with van der Waals surface area (Å²) in [7, 11) is 1.72. The highest BCUT2D eigenvalue weighted by atomic mass is 16.5. The first-order valence-corrected chi connectivity index (χ1v) is 7.44. The predicted octanol–water partition coefficient (Wildman–Crippen LogP) is 2.25. The monoisotopic (exact) mass is 296 g/mol. The summed E-state index contributed by atoms with van der Waals surface area (Å²) in [5.41, 5.74) is 2.18. The Morgan fingerprint density at radius 2 is 1.91 bits per heavy atom. The zero-order chi connectivity index (χ0) is 15.2. The summed E-state index contributed by atoms with van der Waals surface area (Å²) in [6, 6.07) is 12.1. The Morgan fingerprint density at radius 1 is 1.09 bits per heavy atom. The lowest BCUT2D eigenvalue weighted by molar-refractivity contribution is 0.271. The van der Waals surface area contributed by atoms with E-state index in [-0.39, 0.29) is 0 Å². The van der Waals surface area contributed by atoms with Crippen molar-refractivity contribution in [3.63, 3.8) is 0 Å². The van der Waals surface area contributed by atoms with Crippen LogP contribution in [0.3, 0.4) is 0 Å². The van der Waals surface area contributed by atoms with Crippen molar-refractivity contribution < 1.29 is 4.74 Å². The third-order valence-electron chi connectivity index (χ3n) is 3.74. The van der Waals surface area contributed by atoms with Crippen molar-refractivity contribution in [2.75, 3.05) is 38.2 Å². The average Bonchev–Trinajstić information content (AvgIpc) is 2.61. The van der Waals surface area contributed by atoms with Crippen LogP contribution in [0.25, 0.3) is 0 Å². The number of ether oxygens (including phenoxy) is 1. The number of nitrogens with zero attached hydrogens (tertiary/aromatic N) is 4. The molecule has 1 aliphatic heterocycles. The van der Waals surface area contributed by atoms with E-state index in [1.54, 1.807) is 13.3 Å². The van der Waals surface area contributed by atoms with E-state index in [1.165, 1.54) is 0 Å². The molecule has 1 fully saturated rings. The molecule has 0 saturated carbocycles. The summed E-state index contributed by atoms with van der Waals surface area (Å²) < 4.78 is 5.44. The largest absolute Gasteiger partial charge is 0.495 e. The minimum absolute atomic E-state index is 0.898. The van der Waals surface area contributed by atoms with Crippen LogP contribution in [-0.2, 0) is 0 Å². The second-order valence-corrected chi connectivity index (χ2v) is 5.14. The van der Waals surface area contributed by atoms with Gasteiger partial charge >= 0.3 is 0 Å². The van der Waals surface area contributed by atoms with Crippen LogP contribution in [0.4, 0.5) is 5.69 Å². The van der Waals surface area contributed by atoms with Crippen LogP contribution in [0.5, 0.6) is 5.75 Å². The highest BCUT2D eigenvalue weighted by Gasteiger charge is 2.18. The molecule has 1 saturated heterocycles. The van der Waals surface area contributed by atoms with E-state index in [0.29, 0.717) is 0 Å². The molecule has 0 unspecified atom stereocenters. The van der Waals surface area contributed by atoms with E-state index in [1.807, 2.05) is 42.7 Å². The van der Waals surface area contributed by atoms with Gasteiger partial charge in [0.25, 0.3) is 0 Å². The standard InChI is InChI=1S/C17H20N4O/c1-22-17-7-3-2-6-16(17)20-9-11-21(12-10-20)19-14-15-5-4-8-18-13-15/h2-8,13-14H,9-12H2,1H3/b19-14-. The van der Waals surface area contributed by atoms with E-state index in [4.69, 9.17) is 4.74 Å². The van der Waals surface area contributed by atoms with Crippen LogP contribution in [0.15, 0.2) is 53.9 Å². The topological polar surface area (TPSA) is 41.0 Å². The first-order chi connectivity index (χ1) is 10.9. The Balaban J connectivity index is 1.60. The Bertz CT molecular complexity index is 622. The highest BCUT2D eigenvalue weighted by molar-refractivity contribution is 5.78. The van der Waals surface area contributed by atoms with Gasteiger partial charge in [-0.15, -0.1) is 0 Å². The van der Waals surface area contributed by atoms with Gasteiger partial charge in [-0.2, -0.15) is 5.10 Å². The van der Waals surface area contributed by atoms with Gasteiger partial charge in [-0.1, -0.05) is 18.2 Å². The van der Waals surface area contributed by atoms with Crippen molar-refractivity contribution in [3.8, 4) is 5.75 Å². The Morgan fingerprint density at radius 3 is 2.64 bits per heavy atom. The van der Waals surface area contributed by atoms with Crippen molar-refractivity contribution in [3.05, 3.63) is 54.4 Å². The number of methoxy groups -OCH3 is 1. The van der Waals surface area contributed by atoms with Gasteiger partial charge in [0.1, 0.15) is 5.75 Å². The molecular weight excluding hydrogens is 276 g/mol. The number of hydrogen-bond donors (Lipinski definition) is 0. The van der Waals surface area contributed by atoms with Gasteiger partial charge in [0.2, 0.25) is 0 Å². The van der Waals surface area contributed by atoms with Crippen molar-refractivity contribution in [1.82, 2.24) is 9.99 Å². The van der Waals surface area contributed by atoms with E-state index in [9.17, 15) is 0 Å². The maximum atomic E-state index is 5.44. The maximum absolute atomic E-state index is 5.44. The zero-order valence-electron chi connectivity index (χ0n) is 12.7. The first kappa shape index (κ1) is 14.4. The number of anilines is 1. The molecule has 1 aromatic heterocycles. The van der Waals surface area contributed by atoms with E-state index in [0.717, 1.165) is 43.2 Å². The van der Waals surface area contributed by atoms with E-state index >= 15 is 0 Å². The number of hydrogen-bond acceptors (Lipinski definition) is 5. The SMILES string of the molecule is COc1ccccc1N1CCN(/N=C\c2cccnc2)CC1. The van der Waals surface area contributed by atoms with Crippen LogP contribution in [-0.4, -0.2) is 49.5 Å². The van der Waals surface area contributed by atoms with Crippen molar-refractivity contribution in [2.45, 2.75) is 0 Å². The van der Waals surface area contributed by atoms with Crippen LogP contribution in [0.1, 0.15) is 5.56 Å². The van der Waals surface area contributed by atoms with Crippen molar-refractivity contribution in [1.29, 1.82) is 0 Å². The lowest BCUT2D eigenvalue weighted by atomic mass is 10.2. The molecule has 0 aliphatic carbocycles. The number of benzene rings is 1. The molecule has 0 radical (unpaired) electrons. The van der Waals surface area contributed by atoms with Crippen molar-refractivity contribution in [2.24, 2.45) is 5.10 Å². The van der Waals surface area contributed by atoms with Crippen LogP contribution in [0, 0.1) is 0 Å². The second kappa shape index (κ2) is 6.93. The van der Waals surface area contributed by atoms with Gasteiger partial charge in [0, 0.05) is 31.0 Å². The number of hydrazone groups is 1.